The maximum Gasteiger partial charge on any atom is 0.264 e. The van der Waals surface area contributed by atoms with Crippen LogP contribution in [0.5, 0.6) is 0 Å². The Kier molecular flexibility index (Phi) is 2.81. The number of alkyl halides is 2. The molecule has 0 fully saturated rings. The number of benzene rings is 1. The van der Waals surface area contributed by atoms with Crippen LogP contribution >= 0.6 is 39.9 Å². The third-order valence-electron chi connectivity index (χ3n) is 1.86. The van der Waals surface area contributed by atoms with Gasteiger partial charge < -0.3 is 0 Å². The molecule has 0 aliphatic heterocycles. The molecule has 0 radical (unpaired) electrons. The molecule has 0 unspecified atom stereocenters. The lowest BCUT2D eigenvalue weighted by Crippen LogP contribution is -1.84. The zero-order valence-electron chi connectivity index (χ0n) is 6.80. The number of thiol groups is 1. The lowest BCUT2D eigenvalue weighted by Gasteiger charge is -2.02. The van der Waals surface area contributed by atoms with E-state index in [1.165, 1.54) is 17.4 Å². The van der Waals surface area contributed by atoms with Gasteiger partial charge in [0.2, 0.25) is 0 Å². The highest BCUT2D eigenvalue weighted by Crippen LogP contribution is 2.37. The van der Waals surface area contributed by atoms with Crippen LogP contribution in [-0.4, -0.2) is 0 Å². The zero-order chi connectivity index (χ0) is 10.3. The molecule has 0 aliphatic carbocycles. The van der Waals surface area contributed by atoms with Crippen molar-refractivity contribution in [3.05, 3.63) is 27.5 Å². The molecule has 2 aromatic rings. The highest BCUT2D eigenvalue weighted by molar-refractivity contribution is 9.11. The molecule has 1 aromatic heterocycles. The average Bonchev–Trinajstić information content (AvgIpc) is 2.42. The van der Waals surface area contributed by atoms with Gasteiger partial charge in [-0.1, -0.05) is 0 Å². The van der Waals surface area contributed by atoms with Gasteiger partial charge in [0, 0.05) is 20.5 Å². The van der Waals surface area contributed by atoms with E-state index in [-0.39, 0.29) is 5.56 Å². The number of hydrogen-bond acceptors (Lipinski definition) is 2. The second-order valence-corrected chi connectivity index (χ2v) is 5.78. The molecule has 0 saturated heterocycles. The molecule has 0 aliphatic rings. The van der Waals surface area contributed by atoms with Gasteiger partial charge in [0.05, 0.1) is 3.79 Å². The minimum atomic E-state index is -2.45. The SMILES string of the molecule is FC(F)c1cc(S)cc2sc(Br)cc12. The van der Waals surface area contributed by atoms with Crippen molar-refractivity contribution >= 4 is 50.0 Å². The first kappa shape index (κ1) is 10.4. The summed E-state index contributed by atoms with van der Waals surface area (Å²) in [5.74, 6) is 0. The molecule has 1 aromatic carbocycles. The van der Waals surface area contributed by atoms with Crippen molar-refractivity contribution in [3.8, 4) is 0 Å². The molecule has 0 atom stereocenters. The Balaban J connectivity index is 2.79. The monoisotopic (exact) mass is 294 g/mol. The van der Waals surface area contributed by atoms with Crippen LogP contribution in [0, 0.1) is 0 Å². The van der Waals surface area contributed by atoms with E-state index in [0.717, 1.165) is 8.49 Å². The lowest BCUT2D eigenvalue weighted by atomic mass is 10.1. The first-order chi connectivity index (χ1) is 6.58. The maximum absolute atomic E-state index is 12.6. The third-order valence-corrected chi connectivity index (χ3v) is 3.70. The maximum atomic E-state index is 12.6. The predicted molar refractivity (Wildman–Crippen MR) is 61.7 cm³/mol. The minimum absolute atomic E-state index is 0.0504. The molecule has 0 saturated carbocycles. The average molecular weight is 295 g/mol. The van der Waals surface area contributed by atoms with E-state index in [9.17, 15) is 8.78 Å². The highest BCUT2D eigenvalue weighted by Gasteiger charge is 2.14. The Morgan fingerprint density at radius 3 is 2.64 bits per heavy atom. The summed E-state index contributed by atoms with van der Waals surface area (Å²) in [6.07, 6.45) is -2.45. The van der Waals surface area contributed by atoms with Crippen molar-refractivity contribution in [3.63, 3.8) is 0 Å². The van der Waals surface area contributed by atoms with Crippen molar-refractivity contribution in [2.24, 2.45) is 0 Å². The summed E-state index contributed by atoms with van der Waals surface area (Å²) >= 11 is 8.81. The number of thiophene rings is 1. The Hall–Kier alpha value is -0.130. The normalized spacial score (nSPS) is 11.5. The zero-order valence-corrected chi connectivity index (χ0v) is 10.1. The molecular formula is C9H5BrF2S2. The summed E-state index contributed by atoms with van der Waals surface area (Å²) in [5, 5.41) is 0.606. The highest BCUT2D eigenvalue weighted by atomic mass is 79.9. The molecule has 74 valence electrons. The van der Waals surface area contributed by atoms with E-state index >= 15 is 0 Å². The third kappa shape index (κ3) is 1.81. The van der Waals surface area contributed by atoms with E-state index in [4.69, 9.17) is 0 Å². The van der Waals surface area contributed by atoms with Crippen molar-refractivity contribution in [2.45, 2.75) is 11.3 Å². The fraction of sp³-hybridized carbons (Fsp3) is 0.111. The molecule has 0 spiro atoms. The summed E-state index contributed by atoms with van der Waals surface area (Å²) in [4.78, 5) is 0.571. The van der Waals surface area contributed by atoms with Gasteiger partial charge in [-0.3, -0.25) is 0 Å². The van der Waals surface area contributed by atoms with Gasteiger partial charge in [-0.2, -0.15) is 0 Å². The number of rotatable bonds is 1. The summed E-state index contributed by atoms with van der Waals surface area (Å²) < 4.78 is 27.0. The van der Waals surface area contributed by atoms with E-state index in [0.29, 0.717) is 10.3 Å². The summed E-state index contributed by atoms with van der Waals surface area (Å²) in [5.41, 5.74) is 0.0504. The predicted octanol–water partition coefficient (Wildman–Crippen LogP) is 4.89. The lowest BCUT2D eigenvalue weighted by molar-refractivity contribution is 0.153. The van der Waals surface area contributed by atoms with E-state index in [1.807, 2.05) is 0 Å². The van der Waals surface area contributed by atoms with Gasteiger partial charge in [-0.25, -0.2) is 8.78 Å². The van der Waals surface area contributed by atoms with Gasteiger partial charge in [0.25, 0.3) is 6.43 Å². The van der Waals surface area contributed by atoms with E-state index in [1.54, 1.807) is 12.1 Å². The fourth-order valence-corrected chi connectivity index (χ4v) is 3.27. The van der Waals surface area contributed by atoms with E-state index in [2.05, 4.69) is 28.6 Å². The molecular weight excluding hydrogens is 290 g/mol. The van der Waals surface area contributed by atoms with Gasteiger partial charge in [0.1, 0.15) is 0 Å². The van der Waals surface area contributed by atoms with Crippen LogP contribution in [0.1, 0.15) is 12.0 Å². The Morgan fingerprint density at radius 2 is 2.00 bits per heavy atom. The van der Waals surface area contributed by atoms with Crippen LogP contribution in [0.2, 0.25) is 0 Å². The molecule has 2 rings (SSSR count). The summed E-state index contributed by atoms with van der Waals surface area (Å²) in [7, 11) is 0. The van der Waals surface area contributed by atoms with Crippen LogP contribution in [0.25, 0.3) is 10.1 Å². The number of hydrogen-bond donors (Lipinski definition) is 1. The van der Waals surface area contributed by atoms with Crippen molar-refractivity contribution in [1.29, 1.82) is 0 Å². The molecule has 0 nitrogen and oxygen atoms in total. The van der Waals surface area contributed by atoms with Crippen molar-refractivity contribution < 1.29 is 8.78 Å². The molecule has 0 amide bonds. The van der Waals surface area contributed by atoms with Gasteiger partial charge >= 0.3 is 0 Å². The number of halogens is 3. The number of fused-ring (bicyclic) bond motifs is 1. The standard InChI is InChI=1S/C9H5BrF2S2/c10-8-3-5-6(9(11)12)1-4(13)2-7(5)14-8/h1-3,9,13H. The first-order valence-electron chi connectivity index (χ1n) is 3.78. The molecule has 14 heavy (non-hydrogen) atoms. The molecule has 0 bridgehead atoms. The molecule has 0 N–H and O–H groups in total. The second-order valence-electron chi connectivity index (χ2n) is 2.80. The minimum Gasteiger partial charge on any atom is -0.205 e. The quantitative estimate of drug-likeness (QED) is 0.711. The Labute approximate surface area is 97.5 Å². The summed E-state index contributed by atoms with van der Waals surface area (Å²) in [6, 6.07) is 4.92. The topological polar surface area (TPSA) is 0 Å². The fourth-order valence-electron chi connectivity index (χ4n) is 1.30. The van der Waals surface area contributed by atoms with Crippen molar-refractivity contribution in [1.82, 2.24) is 0 Å². The van der Waals surface area contributed by atoms with Crippen LogP contribution in [0.3, 0.4) is 0 Å². The van der Waals surface area contributed by atoms with Crippen molar-refractivity contribution in [2.75, 3.05) is 0 Å². The van der Waals surface area contributed by atoms with Gasteiger partial charge in [-0.05, 0) is 34.1 Å². The summed E-state index contributed by atoms with van der Waals surface area (Å²) in [6.45, 7) is 0. The van der Waals surface area contributed by atoms with Gasteiger partial charge in [0.15, 0.2) is 0 Å². The van der Waals surface area contributed by atoms with Crippen LogP contribution < -0.4 is 0 Å². The smallest absolute Gasteiger partial charge is 0.205 e. The first-order valence-corrected chi connectivity index (χ1v) is 5.83. The van der Waals surface area contributed by atoms with Crippen LogP contribution in [0.4, 0.5) is 8.78 Å². The van der Waals surface area contributed by atoms with Gasteiger partial charge in [-0.15, -0.1) is 24.0 Å². The second kappa shape index (κ2) is 3.79. The Bertz CT molecular complexity index is 479. The van der Waals surface area contributed by atoms with E-state index < -0.39 is 6.43 Å². The largest absolute Gasteiger partial charge is 0.264 e. The van der Waals surface area contributed by atoms with Crippen LogP contribution in [0.15, 0.2) is 26.9 Å². The Morgan fingerprint density at radius 1 is 1.29 bits per heavy atom. The molecule has 5 heteroatoms. The van der Waals surface area contributed by atoms with Crippen LogP contribution in [-0.2, 0) is 0 Å². The molecule has 1 heterocycles.